The van der Waals surface area contributed by atoms with Crippen molar-refractivity contribution in [1.82, 2.24) is 23.8 Å². The fourth-order valence-corrected chi connectivity index (χ4v) is 7.92. The second-order valence-corrected chi connectivity index (χ2v) is 12.9. The van der Waals surface area contributed by atoms with Crippen LogP contribution in [0.25, 0.3) is 16.6 Å². The zero-order chi connectivity index (χ0) is 28.2. The van der Waals surface area contributed by atoms with Crippen LogP contribution in [0, 0.1) is 13.8 Å². The maximum atomic E-state index is 13.8. The number of hydrogen-bond donors (Lipinski definition) is 1. The Morgan fingerprint density at radius 3 is 2.58 bits per heavy atom. The predicted octanol–water partition coefficient (Wildman–Crippen LogP) is 3.07. The molecule has 0 radical (unpaired) electrons. The first-order valence-corrected chi connectivity index (χ1v) is 14.8. The van der Waals surface area contributed by atoms with Crippen LogP contribution in [0.15, 0.2) is 82.9 Å². The van der Waals surface area contributed by atoms with Crippen LogP contribution in [-0.2, 0) is 36.0 Å². The number of aryl methyl sites for hydroxylation is 4. The Morgan fingerprint density at radius 1 is 1.10 bits per heavy atom. The summed E-state index contributed by atoms with van der Waals surface area (Å²) in [6, 6.07) is 17.9. The van der Waals surface area contributed by atoms with E-state index in [0.717, 1.165) is 34.1 Å². The Kier molecular flexibility index (Phi) is 6.27. The number of rotatable bonds is 6. The zero-order valence-corrected chi connectivity index (χ0v) is 23.9. The molecule has 6 rings (SSSR count). The number of aromatic amines is 1. The van der Waals surface area contributed by atoms with Crippen molar-refractivity contribution in [3.8, 4) is 5.69 Å². The molecule has 10 heteroatoms. The average Bonchev–Trinajstić information content (AvgIpc) is 3.63. The minimum atomic E-state index is -3.68. The van der Waals surface area contributed by atoms with Gasteiger partial charge in [0.2, 0.25) is 11.8 Å². The van der Waals surface area contributed by atoms with E-state index in [2.05, 4.69) is 41.4 Å². The average molecular weight is 558 g/mol. The van der Waals surface area contributed by atoms with Gasteiger partial charge in [0.15, 0.2) is 11.9 Å². The number of nitrogens with one attached hydrogen (secondary N) is 1. The monoisotopic (exact) mass is 557 g/mol. The van der Waals surface area contributed by atoms with E-state index in [4.69, 9.17) is 0 Å². The lowest BCUT2D eigenvalue weighted by Crippen LogP contribution is -2.37. The van der Waals surface area contributed by atoms with Gasteiger partial charge in [-0.2, -0.15) is 14.5 Å². The fourth-order valence-electron chi connectivity index (χ4n) is 6.17. The number of hydrogen-bond acceptors (Lipinski definition) is 4. The first kappa shape index (κ1) is 26.2. The van der Waals surface area contributed by atoms with E-state index >= 15 is 0 Å². The number of H-pyrrole nitrogens is 1. The van der Waals surface area contributed by atoms with Gasteiger partial charge in [-0.3, -0.25) is 4.79 Å². The van der Waals surface area contributed by atoms with E-state index in [0.29, 0.717) is 30.1 Å². The van der Waals surface area contributed by atoms with Gasteiger partial charge in [-0.25, -0.2) is 13.1 Å². The van der Waals surface area contributed by atoms with Gasteiger partial charge in [-0.05, 0) is 61.6 Å². The first-order valence-electron chi connectivity index (χ1n) is 13.3. The third kappa shape index (κ3) is 4.37. The van der Waals surface area contributed by atoms with E-state index in [-0.39, 0.29) is 5.56 Å². The van der Waals surface area contributed by atoms with E-state index in [1.165, 1.54) is 5.56 Å². The topological polar surface area (TPSA) is 96.9 Å². The molecule has 0 amide bonds. The molecule has 2 aromatic carbocycles. The SMILES string of the molecule is Cc1cc2c(cnn2-c2ccc(=O)n(C)c2)cc1C1(Cc2ccccc2)CCN(S(=O)(=O)c2c[n+](C)[nH]c2C)C1. The van der Waals surface area contributed by atoms with Gasteiger partial charge in [0.25, 0.3) is 10.0 Å². The summed E-state index contributed by atoms with van der Waals surface area (Å²) in [5.74, 6) is 0. The molecule has 1 unspecified atom stereocenters. The van der Waals surface area contributed by atoms with Gasteiger partial charge in [-0.1, -0.05) is 30.3 Å². The first-order chi connectivity index (χ1) is 19.1. The fraction of sp³-hybridized carbons (Fsp3) is 0.300. The summed E-state index contributed by atoms with van der Waals surface area (Å²) in [5.41, 5.74) is 5.28. The highest BCUT2D eigenvalue weighted by Gasteiger charge is 2.46. The number of fused-ring (bicyclic) bond motifs is 1. The van der Waals surface area contributed by atoms with Crippen molar-refractivity contribution in [2.45, 2.75) is 37.0 Å². The molecule has 40 heavy (non-hydrogen) atoms. The molecule has 1 aliphatic rings. The van der Waals surface area contributed by atoms with Gasteiger partial charge in [0, 0.05) is 43.2 Å². The van der Waals surface area contributed by atoms with Crippen molar-refractivity contribution in [1.29, 1.82) is 0 Å². The highest BCUT2D eigenvalue weighted by Crippen LogP contribution is 2.42. The minimum Gasteiger partial charge on any atom is -0.316 e. The van der Waals surface area contributed by atoms with Crippen molar-refractivity contribution < 1.29 is 13.1 Å². The molecule has 5 aromatic rings. The highest BCUT2D eigenvalue weighted by molar-refractivity contribution is 7.89. The molecule has 4 heterocycles. The second kappa shape index (κ2) is 9.57. The standard InChI is InChI=1S/C30H32N6O3S/c1-21-14-27-24(17-31-36(27)25-10-11-29(37)33(3)18-25)15-26(21)30(16-23-8-6-5-7-9-23)12-13-35(20-30)40(38,39)28-19-34(4)32-22(28)2/h5-11,14-15,17-19H,12-13,16,20H2,1-4H3/p+1. The number of aromatic nitrogens is 5. The van der Waals surface area contributed by atoms with Crippen LogP contribution in [0.3, 0.4) is 0 Å². The van der Waals surface area contributed by atoms with Crippen LogP contribution in [0.5, 0.6) is 0 Å². The third-order valence-electron chi connectivity index (χ3n) is 8.15. The molecule has 0 spiro atoms. The summed E-state index contributed by atoms with van der Waals surface area (Å²) in [7, 11) is -0.157. The van der Waals surface area contributed by atoms with E-state index < -0.39 is 15.4 Å². The minimum absolute atomic E-state index is 0.0779. The lowest BCUT2D eigenvalue weighted by molar-refractivity contribution is -0.727. The summed E-state index contributed by atoms with van der Waals surface area (Å²) >= 11 is 0. The van der Waals surface area contributed by atoms with Gasteiger partial charge in [0.1, 0.15) is 0 Å². The van der Waals surface area contributed by atoms with Crippen LogP contribution in [0.2, 0.25) is 0 Å². The quantitative estimate of drug-likeness (QED) is 0.325. The van der Waals surface area contributed by atoms with Crippen LogP contribution < -0.4 is 10.2 Å². The summed E-state index contributed by atoms with van der Waals surface area (Å²) in [4.78, 5) is 12.2. The van der Waals surface area contributed by atoms with Crippen molar-refractivity contribution >= 4 is 20.9 Å². The molecule has 0 bridgehead atoms. The summed E-state index contributed by atoms with van der Waals surface area (Å²) in [6.45, 7) is 4.71. The van der Waals surface area contributed by atoms with E-state index in [1.807, 2.05) is 29.1 Å². The van der Waals surface area contributed by atoms with Crippen molar-refractivity contribution in [3.05, 3.63) is 106 Å². The van der Waals surface area contributed by atoms with Crippen LogP contribution in [0.1, 0.15) is 28.8 Å². The smallest absolute Gasteiger partial charge is 0.251 e. The van der Waals surface area contributed by atoms with E-state index in [9.17, 15) is 13.2 Å². The third-order valence-corrected chi connectivity index (χ3v) is 10.1. The maximum Gasteiger partial charge on any atom is 0.251 e. The molecule has 1 saturated heterocycles. The summed E-state index contributed by atoms with van der Waals surface area (Å²) < 4.78 is 34.3. The van der Waals surface area contributed by atoms with Gasteiger partial charge in [0.05, 0.1) is 23.1 Å². The molecule has 0 aliphatic carbocycles. The summed E-state index contributed by atoms with van der Waals surface area (Å²) in [5, 5.41) is 8.68. The lowest BCUT2D eigenvalue weighted by atomic mass is 9.73. The number of benzene rings is 2. The Hall–Kier alpha value is -4.02. The second-order valence-electron chi connectivity index (χ2n) is 11.0. The summed E-state index contributed by atoms with van der Waals surface area (Å²) in [6.07, 6.45) is 6.69. The normalized spacial score (nSPS) is 18.1. The van der Waals surface area contributed by atoms with Crippen LogP contribution in [-0.4, -0.2) is 45.3 Å². The van der Waals surface area contributed by atoms with Gasteiger partial charge < -0.3 is 4.57 Å². The van der Waals surface area contributed by atoms with Crippen molar-refractivity contribution in [2.75, 3.05) is 13.1 Å². The number of nitrogens with zero attached hydrogens (tertiary/aromatic N) is 5. The highest BCUT2D eigenvalue weighted by atomic mass is 32.2. The zero-order valence-electron chi connectivity index (χ0n) is 23.1. The Balaban J connectivity index is 1.45. The van der Waals surface area contributed by atoms with Crippen molar-refractivity contribution in [3.63, 3.8) is 0 Å². The number of pyridine rings is 1. The molecule has 9 nitrogen and oxygen atoms in total. The molecule has 1 atom stereocenters. The van der Waals surface area contributed by atoms with Crippen LogP contribution in [0.4, 0.5) is 0 Å². The molecule has 3 aromatic heterocycles. The molecule has 1 aliphatic heterocycles. The molecule has 206 valence electrons. The van der Waals surface area contributed by atoms with Gasteiger partial charge >= 0.3 is 0 Å². The largest absolute Gasteiger partial charge is 0.316 e. The molecular formula is C30H33N6O3S+. The molecule has 1 fully saturated rings. The molecule has 1 N–H and O–H groups in total. The number of sulfonamides is 1. The maximum absolute atomic E-state index is 13.8. The Morgan fingerprint density at radius 2 is 1.88 bits per heavy atom. The predicted molar refractivity (Wildman–Crippen MR) is 153 cm³/mol. The molecule has 0 saturated carbocycles. The van der Waals surface area contributed by atoms with Crippen LogP contribution >= 0.6 is 0 Å². The van der Waals surface area contributed by atoms with Crippen molar-refractivity contribution in [2.24, 2.45) is 14.1 Å². The molecular weight excluding hydrogens is 524 g/mol. The Bertz CT molecular complexity index is 1900. The van der Waals surface area contributed by atoms with E-state index in [1.54, 1.807) is 59.1 Å². The van der Waals surface area contributed by atoms with Gasteiger partial charge in [-0.15, -0.1) is 4.68 Å². The Labute approximate surface area is 233 Å². The lowest BCUT2D eigenvalue weighted by Gasteiger charge is -2.32.